The first kappa shape index (κ1) is 15.1. The van der Waals surface area contributed by atoms with Gasteiger partial charge in [-0.1, -0.05) is 12.1 Å². The number of sulfonamides is 1. The minimum Gasteiger partial charge on any atom is -0.207 e. The Hall–Kier alpha value is -0.760. The number of halogens is 2. The Kier molecular flexibility index (Phi) is 4.18. The van der Waals surface area contributed by atoms with E-state index >= 15 is 0 Å². The van der Waals surface area contributed by atoms with Gasteiger partial charge in [0.05, 0.1) is 3.79 Å². The molecule has 0 radical (unpaired) electrons. The molecule has 0 atom stereocenters. The smallest absolute Gasteiger partial charge is 0.207 e. The SMILES string of the molecule is O=S(=O)(c1ccc(Br)s1)N(Cc1cccc(F)c1)C1CC1. The summed E-state index contributed by atoms with van der Waals surface area (Å²) in [7, 11) is -3.53. The van der Waals surface area contributed by atoms with Crippen LogP contribution in [0.2, 0.25) is 0 Å². The summed E-state index contributed by atoms with van der Waals surface area (Å²) in [6.07, 6.45) is 1.72. The molecule has 0 aliphatic heterocycles. The highest BCUT2D eigenvalue weighted by Crippen LogP contribution is 2.36. The maximum Gasteiger partial charge on any atom is 0.253 e. The van der Waals surface area contributed by atoms with Crippen LogP contribution in [-0.4, -0.2) is 18.8 Å². The van der Waals surface area contributed by atoms with Crippen molar-refractivity contribution in [2.45, 2.75) is 29.6 Å². The fourth-order valence-electron chi connectivity index (χ4n) is 2.14. The fourth-order valence-corrected chi connectivity index (χ4v) is 5.95. The predicted molar refractivity (Wildman–Crippen MR) is 84.2 cm³/mol. The van der Waals surface area contributed by atoms with Crippen molar-refractivity contribution in [2.75, 3.05) is 0 Å². The third kappa shape index (κ3) is 3.36. The summed E-state index contributed by atoms with van der Waals surface area (Å²) >= 11 is 4.48. The molecule has 0 N–H and O–H groups in total. The van der Waals surface area contributed by atoms with E-state index in [0.29, 0.717) is 9.77 Å². The molecule has 1 aromatic carbocycles. The van der Waals surface area contributed by atoms with Crippen molar-refractivity contribution < 1.29 is 12.8 Å². The van der Waals surface area contributed by atoms with Crippen molar-refractivity contribution in [3.63, 3.8) is 0 Å². The van der Waals surface area contributed by atoms with Gasteiger partial charge >= 0.3 is 0 Å². The molecule has 3 nitrogen and oxygen atoms in total. The van der Waals surface area contributed by atoms with Crippen LogP contribution in [0.3, 0.4) is 0 Å². The van der Waals surface area contributed by atoms with E-state index in [0.717, 1.165) is 16.6 Å². The quantitative estimate of drug-likeness (QED) is 0.774. The Balaban J connectivity index is 1.91. The van der Waals surface area contributed by atoms with Gasteiger partial charge in [0.2, 0.25) is 0 Å². The van der Waals surface area contributed by atoms with Gasteiger partial charge in [-0.15, -0.1) is 11.3 Å². The van der Waals surface area contributed by atoms with Crippen molar-refractivity contribution in [3.05, 3.63) is 51.6 Å². The monoisotopic (exact) mass is 389 g/mol. The van der Waals surface area contributed by atoms with Crippen molar-refractivity contribution in [2.24, 2.45) is 0 Å². The maximum atomic E-state index is 13.3. The van der Waals surface area contributed by atoms with Crippen LogP contribution in [0.15, 0.2) is 44.4 Å². The van der Waals surface area contributed by atoms with E-state index in [4.69, 9.17) is 0 Å². The summed E-state index contributed by atoms with van der Waals surface area (Å²) in [5.41, 5.74) is 0.668. The molecular weight excluding hydrogens is 377 g/mol. The van der Waals surface area contributed by atoms with Crippen LogP contribution in [0, 0.1) is 5.82 Å². The summed E-state index contributed by atoms with van der Waals surface area (Å²) in [5.74, 6) is -0.348. The van der Waals surface area contributed by atoms with Crippen LogP contribution in [0.25, 0.3) is 0 Å². The van der Waals surface area contributed by atoms with Gasteiger partial charge in [0, 0.05) is 12.6 Å². The number of hydrogen-bond donors (Lipinski definition) is 0. The van der Waals surface area contributed by atoms with Crippen LogP contribution in [0.4, 0.5) is 4.39 Å². The Morgan fingerprint density at radius 1 is 1.29 bits per heavy atom. The Morgan fingerprint density at radius 3 is 2.62 bits per heavy atom. The summed E-state index contributed by atoms with van der Waals surface area (Å²) in [4.78, 5) is 0. The van der Waals surface area contributed by atoms with Crippen LogP contribution in [0.1, 0.15) is 18.4 Å². The number of benzene rings is 1. The zero-order chi connectivity index (χ0) is 15.0. The molecule has 1 fully saturated rings. The van der Waals surface area contributed by atoms with Crippen molar-refractivity contribution >= 4 is 37.3 Å². The van der Waals surface area contributed by atoms with Gasteiger partial charge in [-0.2, -0.15) is 4.31 Å². The molecule has 1 aromatic heterocycles. The first-order valence-electron chi connectivity index (χ1n) is 6.48. The average Bonchev–Trinajstić information content (AvgIpc) is 3.16. The van der Waals surface area contributed by atoms with Gasteiger partial charge in [-0.3, -0.25) is 0 Å². The third-order valence-electron chi connectivity index (χ3n) is 3.29. The Labute approximate surface area is 135 Å². The molecule has 3 rings (SSSR count). The number of thiophene rings is 1. The van der Waals surface area contributed by atoms with Crippen molar-refractivity contribution in [1.82, 2.24) is 4.31 Å². The molecule has 0 saturated heterocycles. The zero-order valence-electron chi connectivity index (χ0n) is 11.0. The molecule has 21 heavy (non-hydrogen) atoms. The first-order valence-corrected chi connectivity index (χ1v) is 9.53. The van der Waals surface area contributed by atoms with E-state index in [9.17, 15) is 12.8 Å². The molecule has 0 spiro atoms. The molecule has 0 bridgehead atoms. The number of hydrogen-bond acceptors (Lipinski definition) is 3. The summed E-state index contributed by atoms with van der Waals surface area (Å²) < 4.78 is 41.3. The first-order chi connectivity index (χ1) is 9.96. The fraction of sp³-hybridized carbons (Fsp3) is 0.286. The highest BCUT2D eigenvalue weighted by Gasteiger charge is 2.38. The second kappa shape index (κ2) is 5.79. The van der Waals surface area contributed by atoms with E-state index in [1.165, 1.54) is 27.8 Å². The number of rotatable bonds is 5. The van der Waals surface area contributed by atoms with Gasteiger partial charge in [-0.05, 0) is 58.6 Å². The molecular formula is C14H13BrFNO2S2. The van der Waals surface area contributed by atoms with Crippen molar-refractivity contribution in [3.8, 4) is 0 Å². The minimum absolute atomic E-state index is 0.0270. The second-order valence-corrected chi connectivity index (χ2v) is 9.55. The molecule has 1 aliphatic rings. The van der Waals surface area contributed by atoms with Crippen molar-refractivity contribution in [1.29, 1.82) is 0 Å². The molecule has 1 saturated carbocycles. The topological polar surface area (TPSA) is 37.4 Å². The van der Waals surface area contributed by atoms with Gasteiger partial charge in [0.15, 0.2) is 0 Å². The zero-order valence-corrected chi connectivity index (χ0v) is 14.2. The van der Waals surface area contributed by atoms with Gasteiger partial charge in [0.1, 0.15) is 10.0 Å². The summed E-state index contributed by atoms with van der Waals surface area (Å²) in [6.45, 7) is 0.209. The Bertz CT molecular complexity index is 756. The predicted octanol–water partition coefficient (Wildman–Crippen LogP) is 4.00. The molecule has 7 heteroatoms. The van der Waals surface area contributed by atoms with E-state index in [1.807, 2.05) is 0 Å². The molecule has 1 heterocycles. The van der Waals surface area contributed by atoms with Gasteiger partial charge in [-0.25, -0.2) is 12.8 Å². The molecule has 1 aliphatic carbocycles. The van der Waals surface area contributed by atoms with Crippen LogP contribution in [-0.2, 0) is 16.6 Å². The lowest BCUT2D eigenvalue weighted by Gasteiger charge is -2.21. The second-order valence-electron chi connectivity index (χ2n) is 4.97. The van der Waals surface area contributed by atoms with E-state index in [1.54, 1.807) is 24.3 Å². The van der Waals surface area contributed by atoms with E-state index < -0.39 is 10.0 Å². The number of nitrogens with zero attached hydrogens (tertiary/aromatic N) is 1. The minimum atomic E-state index is -3.53. The Morgan fingerprint density at radius 2 is 2.05 bits per heavy atom. The standard InChI is InChI=1S/C14H13BrFNO2S2/c15-13-6-7-14(20-13)21(18,19)17(12-4-5-12)9-10-2-1-3-11(16)8-10/h1-3,6-8,12H,4-5,9H2. The van der Waals surface area contributed by atoms with Crippen LogP contribution >= 0.6 is 27.3 Å². The van der Waals surface area contributed by atoms with Gasteiger partial charge < -0.3 is 0 Å². The maximum absolute atomic E-state index is 13.3. The lowest BCUT2D eigenvalue weighted by Crippen LogP contribution is -2.32. The highest BCUT2D eigenvalue weighted by atomic mass is 79.9. The lowest BCUT2D eigenvalue weighted by molar-refractivity contribution is 0.399. The molecule has 0 unspecified atom stereocenters. The van der Waals surface area contributed by atoms with E-state index in [-0.39, 0.29) is 18.4 Å². The highest BCUT2D eigenvalue weighted by molar-refractivity contribution is 9.11. The van der Waals surface area contributed by atoms with Crippen LogP contribution in [0.5, 0.6) is 0 Å². The van der Waals surface area contributed by atoms with E-state index in [2.05, 4.69) is 15.9 Å². The third-order valence-corrected chi connectivity index (χ3v) is 7.28. The summed E-state index contributed by atoms with van der Waals surface area (Å²) in [6, 6.07) is 9.45. The molecule has 0 amide bonds. The average molecular weight is 390 g/mol. The molecule has 112 valence electrons. The van der Waals surface area contributed by atoms with Gasteiger partial charge in [0.25, 0.3) is 10.0 Å². The lowest BCUT2D eigenvalue weighted by atomic mass is 10.2. The van der Waals surface area contributed by atoms with Crippen LogP contribution < -0.4 is 0 Å². The summed E-state index contributed by atoms with van der Waals surface area (Å²) in [5, 5.41) is 0. The normalized spacial score (nSPS) is 15.6. The largest absolute Gasteiger partial charge is 0.253 e. The molecule has 2 aromatic rings.